The van der Waals surface area contributed by atoms with Gasteiger partial charge in [-0.25, -0.2) is 22.8 Å². The van der Waals surface area contributed by atoms with Crippen molar-refractivity contribution in [3.8, 4) is 17.1 Å². The van der Waals surface area contributed by atoms with Crippen LogP contribution in [-0.2, 0) is 15.6 Å². The topological polar surface area (TPSA) is 123 Å². The Kier molecular flexibility index (Phi) is 5.72. The first-order valence-corrected chi connectivity index (χ1v) is 13.3. The van der Waals surface area contributed by atoms with Crippen molar-refractivity contribution < 1.29 is 22.3 Å². The fourth-order valence-electron chi connectivity index (χ4n) is 3.54. The molecule has 0 aliphatic heterocycles. The molecule has 5 rings (SSSR count). The summed E-state index contributed by atoms with van der Waals surface area (Å²) in [5, 5.41) is 4.52. The Morgan fingerprint density at radius 2 is 2.06 bits per heavy atom. The van der Waals surface area contributed by atoms with E-state index in [4.69, 9.17) is 4.74 Å². The number of carbonyl (C=O) groups excluding carboxylic acids is 1. The van der Waals surface area contributed by atoms with Crippen LogP contribution in [0.2, 0.25) is 0 Å². The minimum atomic E-state index is -3.41. The van der Waals surface area contributed by atoms with Gasteiger partial charge in [0.1, 0.15) is 5.82 Å². The van der Waals surface area contributed by atoms with Gasteiger partial charge in [0.2, 0.25) is 15.9 Å². The van der Waals surface area contributed by atoms with E-state index in [1.807, 2.05) is 6.92 Å². The standard InChI is InChI=1S/C22H22FN5O4S2/c1-2-32-19-11-24-10-17(25-19)13-3-6-15(16(23)9-13)20(29)27-22(7-8-22)18-12-33-21(26-18)28-34(30,31)14-4-5-14/h3,6,9-12,14H,2,4-5,7-8H2,1H3,(H,26,28)(H,27,29). The van der Waals surface area contributed by atoms with Gasteiger partial charge in [-0.2, -0.15) is 0 Å². The van der Waals surface area contributed by atoms with Crippen molar-refractivity contribution in [3.05, 3.63) is 53.0 Å². The van der Waals surface area contributed by atoms with Crippen LogP contribution in [0.5, 0.6) is 5.88 Å². The molecular formula is C22H22FN5O4S2. The molecule has 9 nitrogen and oxygen atoms in total. The van der Waals surface area contributed by atoms with Crippen molar-refractivity contribution in [2.45, 2.75) is 43.4 Å². The van der Waals surface area contributed by atoms with E-state index in [2.05, 4.69) is 25.0 Å². The van der Waals surface area contributed by atoms with Crippen molar-refractivity contribution in [2.24, 2.45) is 0 Å². The molecule has 1 aromatic carbocycles. The molecule has 0 atom stereocenters. The zero-order valence-electron chi connectivity index (χ0n) is 18.2. The van der Waals surface area contributed by atoms with Crippen LogP contribution in [-0.4, -0.2) is 41.1 Å². The van der Waals surface area contributed by atoms with E-state index in [0.29, 0.717) is 55.1 Å². The van der Waals surface area contributed by atoms with Gasteiger partial charge in [-0.15, -0.1) is 11.3 Å². The molecule has 2 aliphatic carbocycles. The molecular weight excluding hydrogens is 481 g/mol. The molecule has 2 N–H and O–H groups in total. The molecule has 12 heteroatoms. The molecule has 0 radical (unpaired) electrons. The fraction of sp³-hybridized carbons (Fsp3) is 0.364. The lowest BCUT2D eigenvalue weighted by Crippen LogP contribution is -2.35. The van der Waals surface area contributed by atoms with E-state index in [0.717, 1.165) is 0 Å². The Hall–Kier alpha value is -3.12. The molecule has 1 amide bonds. The third-order valence-corrected chi connectivity index (χ3v) is 8.42. The van der Waals surface area contributed by atoms with Crippen LogP contribution in [0.25, 0.3) is 11.3 Å². The quantitative estimate of drug-likeness (QED) is 0.458. The zero-order valence-corrected chi connectivity index (χ0v) is 19.9. The number of aromatic nitrogens is 3. The molecule has 3 aromatic rings. The summed E-state index contributed by atoms with van der Waals surface area (Å²) in [6.07, 6.45) is 5.55. The van der Waals surface area contributed by atoms with E-state index in [9.17, 15) is 17.6 Å². The number of carbonyl (C=O) groups is 1. The first kappa shape index (κ1) is 22.7. The molecule has 0 spiro atoms. The number of amides is 1. The average molecular weight is 504 g/mol. The van der Waals surface area contributed by atoms with Gasteiger partial charge >= 0.3 is 0 Å². The largest absolute Gasteiger partial charge is 0.477 e. The summed E-state index contributed by atoms with van der Waals surface area (Å²) in [6, 6.07) is 4.24. The summed E-state index contributed by atoms with van der Waals surface area (Å²) in [4.78, 5) is 25.6. The lowest BCUT2D eigenvalue weighted by Gasteiger charge is -2.16. The van der Waals surface area contributed by atoms with Crippen molar-refractivity contribution >= 4 is 32.4 Å². The van der Waals surface area contributed by atoms with E-state index >= 15 is 0 Å². The minimum Gasteiger partial charge on any atom is -0.477 e. The monoisotopic (exact) mass is 503 g/mol. The Labute approximate surface area is 199 Å². The molecule has 0 bridgehead atoms. The highest BCUT2D eigenvalue weighted by Gasteiger charge is 2.48. The number of halogens is 1. The summed E-state index contributed by atoms with van der Waals surface area (Å²) in [6.45, 7) is 2.26. The van der Waals surface area contributed by atoms with Crippen LogP contribution < -0.4 is 14.8 Å². The highest BCUT2D eigenvalue weighted by atomic mass is 32.2. The lowest BCUT2D eigenvalue weighted by atomic mass is 10.1. The maximum Gasteiger partial charge on any atom is 0.255 e. The maximum atomic E-state index is 14.9. The second-order valence-electron chi connectivity index (χ2n) is 8.29. The lowest BCUT2D eigenvalue weighted by molar-refractivity contribution is 0.0926. The fourth-order valence-corrected chi connectivity index (χ4v) is 5.95. The van der Waals surface area contributed by atoms with Crippen LogP contribution in [0.15, 0.2) is 36.0 Å². The maximum absolute atomic E-state index is 14.9. The van der Waals surface area contributed by atoms with Gasteiger partial charge in [0.25, 0.3) is 5.91 Å². The molecule has 0 saturated heterocycles. The van der Waals surface area contributed by atoms with Gasteiger partial charge in [-0.05, 0) is 44.7 Å². The first-order chi connectivity index (χ1) is 16.3. The molecule has 2 fully saturated rings. The summed E-state index contributed by atoms with van der Waals surface area (Å²) in [5.74, 6) is -0.922. The predicted molar refractivity (Wildman–Crippen MR) is 125 cm³/mol. The Morgan fingerprint density at radius 3 is 2.74 bits per heavy atom. The molecule has 0 unspecified atom stereocenters. The number of rotatable bonds is 9. The molecule has 2 heterocycles. The van der Waals surface area contributed by atoms with Crippen LogP contribution in [0, 0.1) is 5.82 Å². The molecule has 34 heavy (non-hydrogen) atoms. The number of thiazole rings is 1. The van der Waals surface area contributed by atoms with Crippen molar-refractivity contribution in [1.82, 2.24) is 20.3 Å². The number of ether oxygens (including phenoxy) is 1. The van der Waals surface area contributed by atoms with Crippen LogP contribution in [0.1, 0.15) is 48.7 Å². The third-order valence-electron chi connectivity index (χ3n) is 5.70. The van der Waals surface area contributed by atoms with Crippen molar-refractivity contribution in [2.75, 3.05) is 11.3 Å². The molecule has 2 saturated carbocycles. The van der Waals surface area contributed by atoms with E-state index < -0.39 is 27.3 Å². The number of hydrogen-bond donors (Lipinski definition) is 2. The first-order valence-electron chi connectivity index (χ1n) is 10.8. The van der Waals surface area contributed by atoms with Gasteiger partial charge in [-0.3, -0.25) is 14.5 Å². The number of benzene rings is 1. The van der Waals surface area contributed by atoms with E-state index in [1.165, 1.54) is 35.9 Å². The Bertz CT molecular complexity index is 1350. The smallest absolute Gasteiger partial charge is 0.255 e. The van der Waals surface area contributed by atoms with Crippen LogP contribution >= 0.6 is 11.3 Å². The van der Waals surface area contributed by atoms with Gasteiger partial charge in [-0.1, -0.05) is 6.07 Å². The highest BCUT2D eigenvalue weighted by Crippen LogP contribution is 2.46. The van der Waals surface area contributed by atoms with E-state index in [-0.39, 0.29) is 15.9 Å². The minimum absolute atomic E-state index is 0.103. The second-order valence-corrected chi connectivity index (χ2v) is 11.1. The predicted octanol–water partition coefficient (Wildman–Crippen LogP) is 3.46. The number of hydrogen-bond acceptors (Lipinski definition) is 8. The van der Waals surface area contributed by atoms with Gasteiger partial charge < -0.3 is 10.1 Å². The Balaban J connectivity index is 1.30. The highest BCUT2D eigenvalue weighted by molar-refractivity contribution is 7.93. The summed E-state index contributed by atoms with van der Waals surface area (Å²) < 4.78 is 47.0. The molecule has 2 aliphatic rings. The van der Waals surface area contributed by atoms with Crippen LogP contribution in [0.4, 0.5) is 9.52 Å². The number of nitrogens with one attached hydrogen (secondary N) is 2. The SMILES string of the molecule is CCOc1cncc(-c2ccc(C(=O)NC3(c4csc(NS(=O)(=O)C5CC5)n4)CC3)c(F)c2)n1. The van der Waals surface area contributed by atoms with Gasteiger partial charge in [0.05, 0.1) is 46.7 Å². The Morgan fingerprint density at radius 1 is 1.26 bits per heavy atom. The van der Waals surface area contributed by atoms with Gasteiger partial charge in [0, 0.05) is 10.9 Å². The molecule has 178 valence electrons. The molecule has 2 aromatic heterocycles. The second kappa shape index (κ2) is 8.58. The van der Waals surface area contributed by atoms with E-state index in [1.54, 1.807) is 11.4 Å². The van der Waals surface area contributed by atoms with Gasteiger partial charge in [0.15, 0.2) is 5.13 Å². The summed E-state index contributed by atoms with van der Waals surface area (Å²) >= 11 is 1.17. The number of sulfonamides is 1. The third kappa shape index (κ3) is 4.60. The summed E-state index contributed by atoms with van der Waals surface area (Å²) in [5.41, 5.74) is 0.642. The number of anilines is 1. The zero-order chi connectivity index (χ0) is 23.9. The summed E-state index contributed by atoms with van der Waals surface area (Å²) in [7, 11) is -3.41. The van der Waals surface area contributed by atoms with Crippen molar-refractivity contribution in [3.63, 3.8) is 0 Å². The normalized spacial score (nSPS) is 16.6. The average Bonchev–Trinajstić information content (AvgIpc) is 3.73. The van der Waals surface area contributed by atoms with Crippen LogP contribution in [0.3, 0.4) is 0 Å². The van der Waals surface area contributed by atoms with Crippen molar-refractivity contribution in [1.29, 1.82) is 0 Å². The number of nitrogens with zero attached hydrogens (tertiary/aromatic N) is 3.